The molecule has 0 aliphatic heterocycles. The molecular formula is C48H39NOSi. The molecule has 0 aliphatic carbocycles. The van der Waals surface area contributed by atoms with E-state index in [0.29, 0.717) is 0 Å². The Morgan fingerprint density at radius 2 is 1.04 bits per heavy atom. The number of anilines is 3. The van der Waals surface area contributed by atoms with E-state index in [9.17, 15) is 0 Å². The van der Waals surface area contributed by atoms with Gasteiger partial charge in [0.15, 0.2) is 0 Å². The summed E-state index contributed by atoms with van der Waals surface area (Å²) in [5, 5.41) is 8.63. The van der Waals surface area contributed by atoms with Gasteiger partial charge in [0.25, 0.3) is 0 Å². The fourth-order valence-corrected chi connectivity index (χ4v) is 8.65. The van der Waals surface area contributed by atoms with Gasteiger partial charge in [0, 0.05) is 27.8 Å². The minimum absolute atomic E-state index is 0.923. The SMILES string of the molecule is Cc1cc(-c2ccc(N(c3ccc([Si](C)(C)C)cc3)c3ccc4cc(-c5ccccc5)ccc4c3)cc2)c2c(c1)oc1cc3ccccc3cc12. The van der Waals surface area contributed by atoms with Crippen LogP contribution >= 0.6 is 0 Å². The van der Waals surface area contributed by atoms with Crippen LogP contribution in [-0.4, -0.2) is 8.07 Å². The highest BCUT2D eigenvalue weighted by Gasteiger charge is 2.20. The molecule has 1 heterocycles. The van der Waals surface area contributed by atoms with E-state index in [-0.39, 0.29) is 0 Å². The Labute approximate surface area is 300 Å². The van der Waals surface area contributed by atoms with Gasteiger partial charge in [0.1, 0.15) is 11.2 Å². The molecule has 9 rings (SSSR count). The summed E-state index contributed by atoms with van der Waals surface area (Å²) in [6.45, 7) is 9.36. The van der Waals surface area contributed by atoms with Gasteiger partial charge in [0.2, 0.25) is 0 Å². The number of fused-ring (bicyclic) bond motifs is 5. The van der Waals surface area contributed by atoms with E-state index in [1.165, 1.54) is 54.5 Å². The van der Waals surface area contributed by atoms with Crippen molar-refractivity contribution in [2.45, 2.75) is 26.6 Å². The van der Waals surface area contributed by atoms with Gasteiger partial charge in [-0.15, -0.1) is 0 Å². The zero-order chi connectivity index (χ0) is 34.7. The molecule has 1 aromatic heterocycles. The summed E-state index contributed by atoms with van der Waals surface area (Å²) < 4.78 is 6.48. The first-order valence-corrected chi connectivity index (χ1v) is 21.2. The van der Waals surface area contributed by atoms with Crippen molar-refractivity contribution in [3.63, 3.8) is 0 Å². The molecule has 0 saturated carbocycles. The fourth-order valence-electron chi connectivity index (χ4n) is 7.49. The molecule has 246 valence electrons. The Balaban J connectivity index is 1.16. The maximum Gasteiger partial charge on any atom is 0.136 e. The van der Waals surface area contributed by atoms with E-state index < -0.39 is 8.07 Å². The summed E-state index contributed by atoms with van der Waals surface area (Å²) in [7, 11) is -1.45. The van der Waals surface area contributed by atoms with Crippen LogP contribution < -0.4 is 10.1 Å². The van der Waals surface area contributed by atoms with Crippen molar-refractivity contribution in [3.05, 3.63) is 169 Å². The van der Waals surface area contributed by atoms with Gasteiger partial charge in [-0.2, -0.15) is 0 Å². The van der Waals surface area contributed by atoms with Gasteiger partial charge in [-0.3, -0.25) is 0 Å². The molecule has 0 fully saturated rings. The van der Waals surface area contributed by atoms with E-state index in [1.54, 1.807) is 0 Å². The summed E-state index contributed by atoms with van der Waals surface area (Å²) in [6, 6.07) is 59.9. The summed E-state index contributed by atoms with van der Waals surface area (Å²) in [6.07, 6.45) is 0. The largest absolute Gasteiger partial charge is 0.456 e. The molecule has 8 aromatic carbocycles. The van der Waals surface area contributed by atoms with Crippen LogP contribution in [0.4, 0.5) is 17.1 Å². The highest BCUT2D eigenvalue weighted by atomic mass is 28.3. The van der Waals surface area contributed by atoms with Crippen molar-refractivity contribution in [2.75, 3.05) is 4.90 Å². The second-order valence-corrected chi connectivity index (χ2v) is 19.9. The third-order valence-electron chi connectivity index (χ3n) is 10.2. The molecule has 0 N–H and O–H groups in total. The van der Waals surface area contributed by atoms with Crippen LogP contribution in [0.3, 0.4) is 0 Å². The normalized spacial score (nSPS) is 11.9. The molecule has 0 radical (unpaired) electrons. The lowest BCUT2D eigenvalue weighted by molar-refractivity contribution is 0.669. The van der Waals surface area contributed by atoms with Crippen LogP contribution in [0.15, 0.2) is 168 Å². The van der Waals surface area contributed by atoms with Gasteiger partial charge in [-0.25, -0.2) is 0 Å². The molecule has 0 aliphatic rings. The van der Waals surface area contributed by atoms with Gasteiger partial charge >= 0.3 is 0 Å². The van der Waals surface area contributed by atoms with Crippen LogP contribution in [-0.2, 0) is 0 Å². The van der Waals surface area contributed by atoms with Crippen LogP contribution in [0, 0.1) is 6.92 Å². The van der Waals surface area contributed by atoms with Gasteiger partial charge < -0.3 is 9.32 Å². The number of rotatable bonds is 6. The number of nitrogens with zero attached hydrogens (tertiary/aromatic N) is 1. The van der Waals surface area contributed by atoms with Crippen molar-refractivity contribution in [1.29, 1.82) is 0 Å². The standard InChI is InChI=1S/C48H39NOSi/c1-32-26-44(48-45-30-35-12-8-9-13-36(35)31-46(45)50-47(48)27-32)34-16-19-40(20-17-34)49(41-22-24-43(25-23-41)51(2,3)4)42-21-18-38-28-37(14-15-39(38)29-42)33-10-6-5-7-11-33/h5-31H,1-4H3. The van der Waals surface area contributed by atoms with E-state index in [2.05, 4.69) is 195 Å². The molecular weight excluding hydrogens is 635 g/mol. The number of aryl methyl sites for hydroxylation is 1. The van der Waals surface area contributed by atoms with Crippen LogP contribution in [0.2, 0.25) is 19.6 Å². The molecule has 0 spiro atoms. The number of benzene rings is 8. The Bertz CT molecular complexity index is 2720. The molecule has 0 bridgehead atoms. The quantitative estimate of drug-likeness (QED) is 0.163. The lowest BCUT2D eigenvalue weighted by Crippen LogP contribution is -2.37. The van der Waals surface area contributed by atoms with E-state index >= 15 is 0 Å². The molecule has 3 heteroatoms. The monoisotopic (exact) mass is 673 g/mol. The summed E-state index contributed by atoms with van der Waals surface area (Å²) >= 11 is 0. The number of hydrogen-bond acceptors (Lipinski definition) is 2. The Morgan fingerprint density at radius 3 is 1.76 bits per heavy atom. The first-order chi connectivity index (χ1) is 24.8. The summed E-state index contributed by atoms with van der Waals surface area (Å²) in [5.74, 6) is 0. The third kappa shape index (κ3) is 5.70. The molecule has 0 unspecified atom stereocenters. The van der Waals surface area contributed by atoms with E-state index in [0.717, 1.165) is 39.0 Å². The highest BCUT2D eigenvalue weighted by molar-refractivity contribution is 6.88. The lowest BCUT2D eigenvalue weighted by Gasteiger charge is -2.27. The third-order valence-corrected chi connectivity index (χ3v) is 12.3. The molecule has 2 nitrogen and oxygen atoms in total. The Morgan fingerprint density at radius 1 is 0.451 bits per heavy atom. The fraction of sp³-hybridized carbons (Fsp3) is 0.0833. The summed E-state index contributed by atoms with van der Waals surface area (Å²) in [5.41, 5.74) is 11.3. The molecule has 0 atom stereocenters. The summed E-state index contributed by atoms with van der Waals surface area (Å²) in [4.78, 5) is 2.38. The highest BCUT2D eigenvalue weighted by Crippen LogP contribution is 2.41. The smallest absolute Gasteiger partial charge is 0.136 e. The number of furan rings is 1. The molecule has 0 saturated heterocycles. The predicted octanol–water partition coefficient (Wildman–Crippen LogP) is 13.5. The molecule has 0 amide bonds. The predicted molar refractivity (Wildman–Crippen MR) is 222 cm³/mol. The lowest BCUT2D eigenvalue weighted by atomic mass is 9.96. The zero-order valence-corrected chi connectivity index (χ0v) is 30.4. The topological polar surface area (TPSA) is 16.4 Å². The van der Waals surface area contributed by atoms with Crippen molar-refractivity contribution in [1.82, 2.24) is 0 Å². The molecule has 51 heavy (non-hydrogen) atoms. The minimum Gasteiger partial charge on any atom is -0.456 e. The second-order valence-electron chi connectivity index (χ2n) is 14.8. The Hall–Kier alpha value is -5.90. The zero-order valence-electron chi connectivity index (χ0n) is 29.4. The maximum atomic E-state index is 6.48. The van der Waals surface area contributed by atoms with Crippen molar-refractivity contribution in [2.24, 2.45) is 0 Å². The van der Waals surface area contributed by atoms with Crippen LogP contribution in [0.5, 0.6) is 0 Å². The average molecular weight is 674 g/mol. The van der Waals surface area contributed by atoms with Crippen LogP contribution in [0.1, 0.15) is 5.56 Å². The van der Waals surface area contributed by atoms with E-state index in [4.69, 9.17) is 4.42 Å². The maximum absolute atomic E-state index is 6.48. The van der Waals surface area contributed by atoms with Crippen molar-refractivity contribution < 1.29 is 4.42 Å². The van der Waals surface area contributed by atoms with Crippen molar-refractivity contribution in [3.8, 4) is 22.3 Å². The molecule has 9 aromatic rings. The van der Waals surface area contributed by atoms with E-state index in [1.807, 2.05) is 0 Å². The number of hydrogen-bond donors (Lipinski definition) is 0. The van der Waals surface area contributed by atoms with Crippen molar-refractivity contribution >= 4 is 73.8 Å². The van der Waals surface area contributed by atoms with Gasteiger partial charge in [-0.05, 0) is 117 Å². The average Bonchev–Trinajstić information content (AvgIpc) is 3.50. The first kappa shape index (κ1) is 31.1. The Kier molecular flexibility index (Phi) is 7.41. The first-order valence-electron chi connectivity index (χ1n) is 17.7. The van der Waals surface area contributed by atoms with Crippen LogP contribution in [0.25, 0.3) is 65.7 Å². The minimum atomic E-state index is -1.45. The van der Waals surface area contributed by atoms with Gasteiger partial charge in [0.05, 0.1) is 8.07 Å². The second kappa shape index (κ2) is 12.2. The van der Waals surface area contributed by atoms with Gasteiger partial charge in [-0.1, -0.05) is 128 Å².